The van der Waals surface area contributed by atoms with Crippen molar-refractivity contribution >= 4 is 12.0 Å². The fourth-order valence-electron chi connectivity index (χ4n) is 2.43. The van der Waals surface area contributed by atoms with E-state index in [-0.39, 0.29) is 5.91 Å². The molecule has 25 heavy (non-hydrogen) atoms. The number of hydrogen-bond donors (Lipinski definition) is 0. The zero-order valence-corrected chi connectivity index (χ0v) is 14.7. The van der Waals surface area contributed by atoms with Crippen LogP contribution in [0, 0.1) is 12.5 Å². The van der Waals surface area contributed by atoms with E-state index in [9.17, 15) is 4.79 Å². The van der Waals surface area contributed by atoms with Crippen molar-refractivity contribution in [2.24, 2.45) is 0 Å². The minimum absolute atomic E-state index is 0.260. The molecule has 4 heteroatoms. The van der Waals surface area contributed by atoms with Gasteiger partial charge in [0.25, 0.3) is 5.91 Å². The first-order valence-corrected chi connectivity index (χ1v) is 7.81. The lowest BCUT2D eigenvalue weighted by Crippen LogP contribution is -2.27. The molecule has 2 rings (SSSR count). The fourth-order valence-corrected chi connectivity index (χ4v) is 2.43. The van der Waals surface area contributed by atoms with Crippen molar-refractivity contribution in [3.05, 3.63) is 65.2 Å². The molecule has 0 spiro atoms. The number of carbonyl (C=O) groups is 1. The van der Waals surface area contributed by atoms with Crippen molar-refractivity contribution in [3.63, 3.8) is 0 Å². The number of nitrogens with zero attached hydrogens (tertiary/aromatic N) is 1. The lowest BCUT2D eigenvalue weighted by molar-refractivity contribution is 0.0844. The topological polar surface area (TPSA) is 38.8 Å². The number of benzene rings is 2. The maximum absolute atomic E-state index is 12.7. The lowest BCUT2D eigenvalue weighted by Gasteiger charge is -2.17. The van der Waals surface area contributed by atoms with E-state index in [1.165, 1.54) is 12.0 Å². The molecular formula is C21H21NO3. The summed E-state index contributed by atoms with van der Waals surface area (Å²) in [5.41, 5.74) is 2.50. The quantitative estimate of drug-likeness (QED) is 0.595. The standard InChI is InChI=1S/C21H21NO3/c1-5-22(15-16(2)13-17-9-7-6-8-10-17)21(23)18-11-12-19(24-3)20(14-18)25-4/h1,6-14H,15H2,2-4H3/b16-13+. The number of amides is 1. The third kappa shape index (κ3) is 4.65. The van der Waals surface area contributed by atoms with Crippen LogP contribution in [0.4, 0.5) is 0 Å². The number of carbonyl (C=O) groups excluding carboxylic acids is 1. The van der Waals surface area contributed by atoms with Gasteiger partial charge < -0.3 is 9.47 Å². The summed E-state index contributed by atoms with van der Waals surface area (Å²) < 4.78 is 10.4. The summed E-state index contributed by atoms with van der Waals surface area (Å²) >= 11 is 0. The summed E-state index contributed by atoms with van der Waals surface area (Å²) in [5.74, 6) is 0.789. The molecule has 0 saturated carbocycles. The average molecular weight is 335 g/mol. The summed E-state index contributed by atoms with van der Waals surface area (Å²) in [6, 6.07) is 17.3. The molecule has 0 heterocycles. The molecule has 1 amide bonds. The molecule has 0 aliphatic heterocycles. The summed E-state index contributed by atoms with van der Waals surface area (Å²) in [7, 11) is 3.07. The normalized spacial score (nSPS) is 10.7. The summed E-state index contributed by atoms with van der Waals surface area (Å²) in [4.78, 5) is 14.0. The van der Waals surface area contributed by atoms with Crippen LogP contribution >= 0.6 is 0 Å². The summed E-state index contributed by atoms with van der Waals surface area (Å²) in [6.07, 6.45) is 7.56. The van der Waals surface area contributed by atoms with Gasteiger partial charge >= 0.3 is 0 Å². The third-order valence-electron chi connectivity index (χ3n) is 3.65. The maximum Gasteiger partial charge on any atom is 0.265 e. The average Bonchev–Trinajstić information content (AvgIpc) is 2.65. The van der Waals surface area contributed by atoms with Crippen LogP contribution in [0.3, 0.4) is 0 Å². The SMILES string of the molecule is C#CN(C/C(C)=C/c1ccccc1)C(=O)c1ccc(OC)c(OC)c1. The van der Waals surface area contributed by atoms with E-state index < -0.39 is 0 Å². The third-order valence-corrected chi connectivity index (χ3v) is 3.65. The minimum Gasteiger partial charge on any atom is -0.493 e. The number of ether oxygens (including phenoxy) is 2. The Bertz CT molecular complexity index is 804. The van der Waals surface area contributed by atoms with Crippen LogP contribution < -0.4 is 9.47 Å². The highest BCUT2D eigenvalue weighted by molar-refractivity contribution is 5.96. The van der Waals surface area contributed by atoms with Crippen LogP contribution in [0.1, 0.15) is 22.8 Å². The highest BCUT2D eigenvalue weighted by atomic mass is 16.5. The summed E-state index contributed by atoms with van der Waals surface area (Å²) in [5, 5.41) is 0. The Kier molecular flexibility index (Phi) is 6.25. The predicted molar refractivity (Wildman–Crippen MR) is 99.5 cm³/mol. The Morgan fingerprint density at radius 1 is 1.12 bits per heavy atom. The molecule has 2 aromatic rings. The van der Waals surface area contributed by atoms with Crippen molar-refractivity contribution < 1.29 is 14.3 Å². The fraction of sp³-hybridized carbons (Fsp3) is 0.190. The smallest absolute Gasteiger partial charge is 0.265 e. The molecule has 4 nitrogen and oxygen atoms in total. The largest absolute Gasteiger partial charge is 0.493 e. The van der Waals surface area contributed by atoms with Crippen molar-refractivity contribution in [3.8, 4) is 24.0 Å². The van der Waals surface area contributed by atoms with Gasteiger partial charge in [0.05, 0.1) is 20.8 Å². The van der Waals surface area contributed by atoms with Gasteiger partial charge in [-0.05, 0) is 30.7 Å². The van der Waals surface area contributed by atoms with E-state index in [2.05, 4.69) is 6.04 Å². The predicted octanol–water partition coefficient (Wildman–Crippen LogP) is 3.84. The van der Waals surface area contributed by atoms with Crippen LogP contribution in [0.5, 0.6) is 11.5 Å². The lowest BCUT2D eigenvalue weighted by atomic mass is 10.1. The van der Waals surface area contributed by atoms with Gasteiger partial charge in [0, 0.05) is 11.6 Å². The number of hydrogen-bond acceptors (Lipinski definition) is 3. The van der Waals surface area contributed by atoms with Gasteiger partial charge in [-0.25, -0.2) is 0 Å². The Hall–Kier alpha value is -3.19. The molecule has 0 N–H and O–H groups in total. The second kappa shape index (κ2) is 8.60. The van der Waals surface area contributed by atoms with Crippen LogP contribution in [-0.4, -0.2) is 31.6 Å². The van der Waals surface area contributed by atoms with Gasteiger partial charge in [-0.15, -0.1) is 0 Å². The first-order valence-electron chi connectivity index (χ1n) is 7.81. The van der Waals surface area contributed by atoms with Crippen LogP contribution in [0.25, 0.3) is 6.08 Å². The van der Waals surface area contributed by atoms with Crippen molar-refractivity contribution in [1.82, 2.24) is 4.90 Å². The van der Waals surface area contributed by atoms with Gasteiger partial charge in [0.15, 0.2) is 11.5 Å². The van der Waals surface area contributed by atoms with Gasteiger partial charge in [-0.1, -0.05) is 48.4 Å². The van der Waals surface area contributed by atoms with Crippen molar-refractivity contribution in [2.75, 3.05) is 20.8 Å². The molecule has 0 unspecified atom stereocenters. The Morgan fingerprint density at radius 2 is 1.80 bits per heavy atom. The monoisotopic (exact) mass is 335 g/mol. The van der Waals surface area contributed by atoms with Crippen LogP contribution in [0.15, 0.2) is 54.1 Å². The van der Waals surface area contributed by atoms with Crippen LogP contribution in [-0.2, 0) is 0 Å². The molecule has 0 aromatic heterocycles. The molecular weight excluding hydrogens is 314 g/mol. The summed E-state index contributed by atoms with van der Waals surface area (Å²) in [6.45, 7) is 2.29. The van der Waals surface area contributed by atoms with Gasteiger partial charge in [0.1, 0.15) is 0 Å². The molecule has 128 valence electrons. The molecule has 2 aromatic carbocycles. The second-order valence-corrected chi connectivity index (χ2v) is 5.49. The van der Waals surface area contributed by atoms with Crippen molar-refractivity contribution in [2.45, 2.75) is 6.92 Å². The van der Waals surface area contributed by atoms with E-state index >= 15 is 0 Å². The molecule has 0 bridgehead atoms. The highest BCUT2D eigenvalue weighted by Crippen LogP contribution is 2.28. The molecule has 0 radical (unpaired) electrons. The number of terminal acetylenes is 1. The van der Waals surface area contributed by atoms with E-state index in [1.807, 2.05) is 43.3 Å². The van der Waals surface area contributed by atoms with E-state index in [0.29, 0.717) is 23.6 Å². The molecule has 0 fully saturated rings. The molecule has 0 atom stereocenters. The van der Waals surface area contributed by atoms with Gasteiger partial charge in [0.2, 0.25) is 0 Å². The first kappa shape index (κ1) is 18.2. The minimum atomic E-state index is -0.260. The number of rotatable bonds is 6. The number of methoxy groups -OCH3 is 2. The molecule has 0 aliphatic carbocycles. The van der Waals surface area contributed by atoms with E-state index in [0.717, 1.165) is 11.1 Å². The van der Waals surface area contributed by atoms with E-state index in [4.69, 9.17) is 15.9 Å². The Balaban J connectivity index is 2.19. The maximum atomic E-state index is 12.7. The Labute approximate surface area is 148 Å². The first-order chi connectivity index (χ1) is 12.1. The zero-order chi connectivity index (χ0) is 18.2. The van der Waals surface area contributed by atoms with Crippen LogP contribution in [0.2, 0.25) is 0 Å². The molecule has 0 saturated heterocycles. The van der Waals surface area contributed by atoms with Gasteiger partial charge in [-0.3, -0.25) is 9.69 Å². The van der Waals surface area contributed by atoms with E-state index in [1.54, 1.807) is 25.3 Å². The highest BCUT2D eigenvalue weighted by Gasteiger charge is 2.16. The van der Waals surface area contributed by atoms with Gasteiger partial charge in [-0.2, -0.15) is 0 Å². The zero-order valence-electron chi connectivity index (χ0n) is 14.7. The molecule has 0 aliphatic rings. The van der Waals surface area contributed by atoms with Crippen molar-refractivity contribution in [1.29, 1.82) is 0 Å². The Morgan fingerprint density at radius 3 is 2.40 bits per heavy atom. The second-order valence-electron chi connectivity index (χ2n) is 5.49.